The molecule has 10 nitrogen and oxygen atoms in total. The van der Waals surface area contributed by atoms with Crippen LogP contribution in [0, 0.1) is 5.92 Å². The van der Waals surface area contributed by atoms with Crippen LogP contribution in [0.25, 0.3) is 0 Å². The number of ether oxygens (including phenoxy) is 1. The Bertz CT molecular complexity index is 1020. The lowest BCUT2D eigenvalue weighted by atomic mass is 9.77. The number of carbonyl (C=O) groups is 3. The first-order valence-corrected chi connectivity index (χ1v) is 12.5. The Balaban J connectivity index is 1.24. The van der Waals surface area contributed by atoms with E-state index >= 15 is 0 Å². The van der Waals surface area contributed by atoms with Gasteiger partial charge in [-0.05, 0) is 49.3 Å². The highest BCUT2D eigenvalue weighted by Gasteiger charge is 2.52. The van der Waals surface area contributed by atoms with Gasteiger partial charge in [0.1, 0.15) is 11.3 Å². The Kier molecular flexibility index (Phi) is 7.03. The maximum absolute atomic E-state index is 12.8. The summed E-state index contributed by atoms with van der Waals surface area (Å²) in [5.41, 5.74) is 2.62. The molecule has 0 unspecified atom stereocenters. The molecule has 1 aliphatic heterocycles. The van der Waals surface area contributed by atoms with E-state index in [2.05, 4.69) is 33.2 Å². The SMILES string of the molecule is COc1ccc(CNc2nnc(SCC(=O)NN3C(=O)NC4(CCC(C)CC4)C3=O)s2)cc1. The third-order valence-corrected chi connectivity index (χ3v) is 7.88. The van der Waals surface area contributed by atoms with Crippen LogP contribution in [0.15, 0.2) is 28.6 Å². The molecule has 0 atom stereocenters. The van der Waals surface area contributed by atoms with Crippen LogP contribution in [0.1, 0.15) is 38.2 Å². The molecule has 1 aromatic heterocycles. The second-order valence-corrected chi connectivity index (χ2v) is 10.4. The number of nitrogens with zero attached hydrogens (tertiary/aromatic N) is 3. The van der Waals surface area contributed by atoms with Gasteiger partial charge in [0.2, 0.25) is 11.0 Å². The summed E-state index contributed by atoms with van der Waals surface area (Å²) >= 11 is 2.52. The minimum Gasteiger partial charge on any atom is -0.497 e. The van der Waals surface area contributed by atoms with Crippen molar-refractivity contribution in [3.8, 4) is 5.75 Å². The van der Waals surface area contributed by atoms with E-state index in [1.54, 1.807) is 7.11 Å². The molecule has 1 saturated heterocycles. The van der Waals surface area contributed by atoms with Crippen LogP contribution >= 0.6 is 23.1 Å². The zero-order chi connectivity index (χ0) is 23.4. The zero-order valence-electron chi connectivity index (χ0n) is 18.4. The summed E-state index contributed by atoms with van der Waals surface area (Å²) in [4.78, 5) is 37.5. The average Bonchev–Trinajstić information content (AvgIpc) is 3.37. The van der Waals surface area contributed by atoms with Gasteiger partial charge in [-0.25, -0.2) is 4.79 Å². The van der Waals surface area contributed by atoms with Gasteiger partial charge in [0.25, 0.3) is 5.91 Å². The Morgan fingerprint density at radius 3 is 2.70 bits per heavy atom. The van der Waals surface area contributed by atoms with Gasteiger partial charge in [-0.15, -0.1) is 10.2 Å². The number of rotatable bonds is 8. The number of amides is 4. The highest BCUT2D eigenvalue weighted by molar-refractivity contribution is 8.01. The van der Waals surface area contributed by atoms with Gasteiger partial charge in [0.15, 0.2) is 4.34 Å². The van der Waals surface area contributed by atoms with Crippen LogP contribution in [0.5, 0.6) is 5.75 Å². The highest BCUT2D eigenvalue weighted by atomic mass is 32.2. The average molecular weight is 491 g/mol. The summed E-state index contributed by atoms with van der Waals surface area (Å²) in [6.07, 6.45) is 2.93. The molecule has 12 heteroatoms. The van der Waals surface area contributed by atoms with Crippen molar-refractivity contribution < 1.29 is 19.1 Å². The number of benzene rings is 1. The van der Waals surface area contributed by atoms with Crippen molar-refractivity contribution >= 4 is 46.1 Å². The second kappa shape index (κ2) is 9.96. The van der Waals surface area contributed by atoms with Gasteiger partial charge in [-0.1, -0.05) is 42.2 Å². The summed E-state index contributed by atoms with van der Waals surface area (Å²) in [5, 5.41) is 15.6. The monoisotopic (exact) mass is 490 g/mol. The molecule has 2 heterocycles. The number of anilines is 1. The number of hydrogen-bond donors (Lipinski definition) is 3. The molecule has 2 aliphatic rings. The van der Waals surface area contributed by atoms with E-state index in [9.17, 15) is 14.4 Å². The van der Waals surface area contributed by atoms with Gasteiger partial charge in [-0.2, -0.15) is 5.01 Å². The number of carbonyl (C=O) groups excluding carboxylic acids is 3. The van der Waals surface area contributed by atoms with Crippen molar-refractivity contribution in [2.45, 2.75) is 49.0 Å². The maximum atomic E-state index is 12.8. The minimum atomic E-state index is -0.881. The quantitative estimate of drug-likeness (QED) is 0.381. The van der Waals surface area contributed by atoms with Crippen LogP contribution in [0.2, 0.25) is 0 Å². The van der Waals surface area contributed by atoms with Crippen molar-refractivity contribution in [2.24, 2.45) is 5.92 Å². The number of methoxy groups -OCH3 is 1. The third kappa shape index (κ3) is 5.38. The minimum absolute atomic E-state index is 0.00814. The molecule has 2 aromatic rings. The molecular formula is C21H26N6O4S2. The lowest BCUT2D eigenvalue weighted by Crippen LogP contribution is -2.51. The van der Waals surface area contributed by atoms with Crippen LogP contribution in [0.4, 0.5) is 9.93 Å². The molecular weight excluding hydrogens is 464 g/mol. The van der Waals surface area contributed by atoms with Gasteiger partial charge in [0, 0.05) is 6.54 Å². The molecule has 2 fully saturated rings. The van der Waals surface area contributed by atoms with Gasteiger partial charge in [0.05, 0.1) is 12.9 Å². The van der Waals surface area contributed by atoms with Gasteiger partial charge < -0.3 is 15.4 Å². The fourth-order valence-corrected chi connectivity index (χ4v) is 5.40. The van der Waals surface area contributed by atoms with Crippen LogP contribution in [-0.4, -0.2) is 51.5 Å². The van der Waals surface area contributed by atoms with Crippen molar-refractivity contribution in [3.05, 3.63) is 29.8 Å². The number of aromatic nitrogens is 2. The lowest BCUT2D eigenvalue weighted by Gasteiger charge is -2.33. The predicted molar refractivity (Wildman–Crippen MR) is 125 cm³/mol. The number of hydrogen-bond acceptors (Lipinski definition) is 9. The van der Waals surface area contributed by atoms with Crippen molar-refractivity contribution in [3.63, 3.8) is 0 Å². The summed E-state index contributed by atoms with van der Waals surface area (Å²) in [7, 11) is 1.62. The lowest BCUT2D eigenvalue weighted by molar-refractivity contribution is -0.139. The highest BCUT2D eigenvalue weighted by Crippen LogP contribution is 2.36. The number of nitrogens with one attached hydrogen (secondary N) is 3. The molecule has 3 N–H and O–H groups in total. The van der Waals surface area contributed by atoms with E-state index in [1.807, 2.05) is 24.3 Å². The molecule has 176 valence electrons. The maximum Gasteiger partial charge on any atom is 0.344 e. The first-order valence-electron chi connectivity index (χ1n) is 10.7. The van der Waals surface area contributed by atoms with Gasteiger partial charge >= 0.3 is 6.03 Å². The van der Waals surface area contributed by atoms with E-state index in [-0.39, 0.29) is 11.7 Å². The Morgan fingerprint density at radius 1 is 1.27 bits per heavy atom. The second-order valence-electron chi connectivity index (χ2n) is 8.23. The molecule has 33 heavy (non-hydrogen) atoms. The van der Waals surface area contributed by atoms with Crippen molar-refractivity contribution in [1.29, 1.82) is 0 Å². The normalized spacial score (nSPS) is 22.4. The smallest absolute Gasteiger partial charge is 0.344 e. The predicted octanol–water partition coefficient (Wildman–Crippen LogP) is 2.78. The first kappa shape index (κ1) is 23.3. The van der Waals surface area contributed by atoms with Crippen LogP contribution in [-0.2, 0) is 16.1 Å². The molecule has 0 bridgehead atoms. The summed E-state index contributed by atoms with van der Waals surface area (Å²) in [5.74, 6) is 0.506. The van der Waals surface area contributed by atoms with E-state index in [1.165, 1.54) is 23.1 Å². The first-order chi connectivity index (χ1) is 15.9. The van der Waals surface area contributed by atoms with Crippen molar-refractivity contribution in [2.75, 3.05) is 18.2 Å². The fraction of sp³-hybridized carbons (Fsp3) is 0.476. The molecule has 4 rings (SSSR count). The van der Waals surface area contributed by atoms with Crippen molar-refractivity contribution in [1.82, 2.24) is 25.9 Å². The van der Waals surface area contributed by atoms with E-state index < -0.39 is 17.5 Å². The third-order valence-electron chi connectivity index (χ3n) is 5.86. The topological polar surface area (TPSA) is 126 Å². The Hall–Kier alpha value is -2.86. The molecule has 0 radical (unpaired) electrons. The Morgan fingerprint density at radius 2 is 2.00 bits per heavy atom. The summed E-state index contributed by atoms with van der Waals surface area (Å²) in [6.45, 7) is 2.72. The fourth-order valence-electron chi connectivity index (χ4n) is 3.86. The molecule has 1 spiro atoms. The number of thioether (sulfide) groups is 1. The number of hydrazine groups is 1. The molecule has 1 aromatic carbocycles. The molecule has 1 aliphatic carbocycles. The van der Waals surface area contributed by atoms with E-state index in [0.717, 1.165) is 29.2 Å². The van der Waals surface area contributed by atoms with Crippen LogP contribution < -0.4 is 20.8 Å². The summed E-state index contributed by atoms with van der Waals surface area (Å²) < 4.78 is 5.76. The standard InChI is InChI=1S/C21H26N6O4S2/c1-13-7-9-21(10-8-13)17(29)27(19(30)23-21)26-16(28)12-32-20-25-24-18(33-20)22-11-14-3-5-15(31-2)6-4-14/h3-6,13H,7-12H2,1-2H3,(H,22,24)(H,23,30)(H,26,28). The summed E-state index contributed by atoms with van der Waals surface area (Å²) in [6, 6.07) is 7.12. The molecule has 4 amide bonds. The number of urea groups is 1. The van der Waals surface area contributed by atoms with E-state index in [0.29, 0.717) is 34.8 Å². The van der Waals surface area contributed by atoms with Gasteiger partial charge in [-0.3, -0.25) is 15.0 Å². The van der Waals surface area contributed by atoms with Crippen LogP contribution in [0.3, 0.4) is 0 Å². The number of imide groups is 1. The largest absolute Gasteiger partial charge is 0.497 e. The molecule has 1 saturated carbocycles. The Labute approximate surface area is 199 Å². The zero-order valence-corrected chi connectivity index (χ0v) is 20.1. The van der Waals surface area contributed by atoms with E-state index in [4.69, 9.17) is 4.74 Å².